The molecule has 0 radical (unpaired) electrons. The molecular weight excluding hydrogens is 308 g/mol. The number of hydrogen-bond donors (Lipinski definition) is 1. The predicted octanol–water partition coefficient (Wildman–Crippen LogP) is 4.02. The van der Waals surface area contributed by atoms with Gasteiger partial charge in [0.05, 0.1) is 6.04 Å². The van der Waals surface area contributed by atoms with Crippen molar-refractivity contribution in [2.75, 3.05) is 6.54 Å². The van der Waals surface area contributed by atoms with E-state index in [4.69, 9.17) is 5.73 Å². The Bertz CT molecular complexity index is 393. The van der Waals surface area contributed by atoms with Gasteiger partial charge in [0.15, 0.2) is 0 Å². The second kappa shape index (κ2) is 6.04. The van der Waals surface area contributed by atoms with E-state index in [1.54, 1.807) is 0 Å². The largest absolute Gasteiger partial charge is 0.326 e. The van der Waals surface area contributed by atoms with Gasteiger partial charge in [-0.2, -0.15) is 0 Å². The number of halogens is 1. The molecule has 4 atom stereocenters. The Labute approximate surface area is 123 Å². The summed E-state index contributed by atoms with van der Waals surface area (Å²) in [4.78, 5) is 4.01. The fourth-order valence-electron chi connectivity index (χ4n) is 3.05. The van der Waals surface area contributed by atoms with E-state index in [1.165, 1.54) is 22.3 Å². The molecule has 1 aromatic heterocycles. The molecule has 1 fully saturated rings. The summed E-state index contributed by atoms with van der Waals surface area (Å²) < 4.78 is 1.18. The highest BCUT2D eigenvalue weighted by Crippen LogP contribution is 2.37. The second-order valence-electron chi connectivity index (χ2n) is 5.57. The van der Waals surface area contributed by atoms with E-state index in [-0.39, 0.29) is 6.04 Å². The molecule has 4 unspecified atom stereocenters. The molecule has 18 heavy (non-hydrogen) atoms. The molecule has 2 nitrogen and oxygen atoms in total. The third-order valence-electron chi connectivity index (χ3n) is 3.95. The number of rotatable bonds is 4. The monoisotopic (exact) mass is 330 g/mol. The van der Waals surface area contributed by atoms with Crippen molar-refractivity contribution < 1.29 is 0 Å². The molecule has 0 spiro atoms. The molecule has 102 valence electrons. The molecule has 2 N–H and O–H groups in total. The standard InChI is InChI=1S/C14H23BrN2S/c1-4-12(16)14(13-6-11(15)8-18-13)17-7-9(2)5-10(17)3/h6,8-10,12,14H,4-5,7,16H2,1-3H3. The molecular formula is C14H23BrN2S. The summed E-state index contributed by atoms with van der Waals surface area (Å²) >= 11 is 5.38. The van der Waals surface area contributed by atoms with Gasteiger partial charge < -0.3 is 5.73 Å². The molecule has 2 heterocycles. The van der Waals surface area contributed by atoms with Crippen molar-refractivity contribution in [1.29, 1.82) is 0 Å². The van der Waals surface area contributed by atoms with Crippen molar-refractivity contribution in [3.05, 3.63) is 20.8 Å². The maximum atomic E-state index is 6.40. The SMILES string of the molecule is CCC(N)C(c1cc(Br)cs1)N1CC(C)CC1C. The summed E-state index contributed by atoms with van der Waals surface area (Å²) in [5.74, 6) is 0.787. The first-order valence-electron chi connectivity index (χ1n) is 6.78. The van der Waals surface area contributed by atoms with E-state index in [0.29, 0.717) is 12.1 Å². The third-order valence-corrected chi connectivity index (χ3v) is 5.71. The quantitative estimate of drug-likeness (QED) is 0.903. The number of nitrogens with two attached hydrogens (primary N) is 1. The minimum absolute atomic E-state index is 0.225. The number of likely N-dealkylation sites (tertiary alicyclic amines) is 1. The van der Waals surface area contributed by atoms with Gasteiger partial charge >= 0.3 is 0 Å². The first kappa shape index (κ1) is 14.5. The second-order valence-corrected chi connectivity index (χ2v) is 7.43. The zero-order valence-electron chi connectivity index (χ0n) is 11.4. The lowest BCUT2D eigenvalue weighted by Crippen LogP contribution is -2.42. The van der Waals surface area contributed by atoms with Crippen LogP contribution in [0, 0.1) is 5.92 Å². The Balaban J connectivity index is 2.25. The first-order chi connectivity index (χ1) is 8.52. The highest BCUT2D eigenvalue weighted by molar-refractivity contribution is 9.10. The molecule has 1 aromatic rings. The molecule has 0 amide bonds. The fourth-order valence-corrected chi connectivity index (χ4v) is 4.69. The van der Waals surface area contributed by atoms with Crippen LogP contribution < -0.4 is 5.73 Å². The van der Waals surface area contributed by atoms with E-state index in [2.05, 4.69) is 53.0 Å². The Hall–Kier alpha value is 0.1000. The number of hydrogen-bond acceptors (Lipinski definition) is 3. The molecule has 1 saturated heterocycles. The Morgan fingerprint density at radius 2 is 2.28 bits per heavy atom. The molecule has 2 rings (SSSR count). The van der Waals surface area contributed by atoms with Gasteiger partial charge in [-0.15, -0.1) is 11.3 Å². The molecule has 0 bridgehead atoms. The van der Waals surface area contributed by atoms with Crippen LogP contribution in [0.3, 0.4) is 0 Å². The van der Waals surface area contributed by atoms with Crippen LogP contribution >= 0.6 is 27.3 Å². The lowest BCUT2D eigenvalue weighted by atomic mass is 10.0. The molecule has 1 aliphatic heterocycles. The summed E-state index contributed by atoms with van der Waals surface area (Å²) in [5.41, 5.74) is 6.40. The van der Waals surface area contributed by atoms with Crippen LogP contribution in [0.2, 0.25) is 0 Å². The predicted molar refractivity (Wildman–Crippen MR) is 83.0 cm³/mol. The van der Waals surface area contributed by atoms with Crippen LogP contribution in [0.15, 0.2) is 15.9 Å². The van der Waals surface area contributed by atoms with Gasteiger partial charge in [0.2, 0.25) is 0 Å². The van der Waals surface area contributed by atoms with Crippen molar-refractivity contribution in [2.24, 2.45) is 11.7 Å². The zero-order chi connectivity index (χ0) is 13.3. The Morgan fingerprint density at radius 3 is 2.72 bits per heavy atom. The summed E-state index contributed by atoms with van der Waals surface area (Å²) in [7, 11) is 0. The topological polar surface area (TPSA) is 29.3 Å². The summed E-state index contributed by atoms with van der Waals surface area (Å²) in [5, 5.41) is 2.16. The van der Waals surface area contributed by atoms with Gasteiger partial charge in [-0.1, -0.05) is 13.8 Å². The van der Waals surface area contributed by atoms with Crippen molar-refractivity contribution in [3.63, 3.8) is 0 Å². The Kier molecular flexibility index (Phi) is 4.86. The number of nitrogens with zero attached hydrogens (tertiary/aromatic N) is 1. The normalized spacial score (nSPS) is 28.5. The van der Waals surface area contributed by atoms with E-state index in [1.807, 2.05) is 11.3 Å². The molecule has 0 aliphatic carbocycles. The summed E-state index contributed by atoms with van der Waals surface area (Å²) in [6.07, 6.45) is 2.32. The average molecular weight is 331 g/mol. The molecule has 0 saturated carbocycles. The van der Waals surface area contributed by atoms with Crippen molar-refractivity contribution in [2.45, 2.75) is 51.7 Å². The van der Waals surface area contributed by atoms with E-state index in [0.717, 1.165) is 12.3 Å². The zero-order valence-corrected chi connectivity index (χ0v) is 13.8. The van der Waals surface area contributed by atoms with Crippen LogP contribution in [-0.2, 0) is 0 Å². The highest BCUT2D eigenvalue weighted by atomic mass is 79.9. The van der Waals surface area contributed by atoms with E-state index in [9.17, 15) is 0 Å². The van der Waals surface area contributed by atoms with Crippen molar-refractivity contribution in [1.82, 2.24) is 4.90 Å². The van der Waals surface area contributed by atoms with Gasteiger partial charge in [-0.25, -0.2) is 0 Å². The molecule has 1 aliphatic rings. The van der Waals surface area contributed by atoms with E-state index >= 15 is 0 Å². The van der Waals surface area contributed by atoms with Crippen LogP contribution in [0.4, 0.5) is 0 Å². The highest BCUT2D eigenvalue weighted by Gasteiger charge is 2.35. The van der Waals surface area contributed by atoms with Gasteiger partial charge in [0.25, 0.3) is 0 Å². The molecule has 0 aromatic carbocycles. The Morgan fingerprint density at radius 1 is 1.56 bits per heavy atom. The average Bonchev–Trinajstić information content (AvgIpc) is 2.86. The fraction of sp³-hybridized carbons (Fsp3) is 0.714. The van der Waals surface area contributed by atoms with Gasteiger partial charge in [-0.05, 0) is 47.7 Å². The van der Waals surface area contributed by atoms with Crippen LogP contribution in [0.1, 0.15) is 44.5 Å². The number of thiophene rings is 1. The van der Waals surface area contributed by atoms with Crippen molar-refractivity contribution >= 4 is 27.3 Å². The van der Waals surface area contributed by atoms with E-state index < -0.39 is 0 Å². The minimum atomic E-state index is 0.225. The van der Waals surface area contributed by atoms with Crippen LogP contribution in [0.25, 0.3) is 0 Å². The summed E-state index contributed by atoms with van der Waals surface area (Å²) in [6.45, 7) is 8.04. The summed E-state index contributed by atoms with van der Waals surface area (Å²) in [6, 6.07) is 3.48. The van der Waals surface area contributed by atoms with Crippen molar-refractivity contribution in [3.8, 4) is 0 Å². The van der Waals surface area contributed by atoms with Gasteiger partial charge in [-0.3, -0.25) is 4.90 Å². The van der Waals surface area contributed by atoms with Gasteiger partial charge in [0, 0.05) is 33.4 Å². The molecule has 4 heteroatoms. The van der Waals surface area contributed by atoms with Gasteiger partial charge in [0.1, 0.15) is 0 Å². The lowest BCUT2D eigenvalue weighted by molar-refractivity contribution is 0.163. The van der Waals surface area contributed by atoms with Crippen LogP contribution in [-0.4, -0.2) is 23.5 Å². The lowest BCUT2D eigenvalue weighted by Gasteiger charge is -2.34. The first-order valence-corrected chi connectivity index (χ1v) is 8.45. The maximum Gasteiger partial charge on any atom is 0.0596 e. The maximum absolute atomic E-state index is 6.40. The minimum Gasteiger partial charge on any atom is -0.326 e. The van der Waals surface area contributed by atoms with Crippen LogP contribution in [0.5, 0.6) is 0 Å². The third kappa shape index (κ3) is 2.98. The smallest absolute Gasteiger partial charge is 0.0596 e.